The zero-order chi connectivity index (χ0) is 18.6. The minimum Gasteiger partial charge on any atom is -0.353 e. The molecular formula is C17H15F4N3OS. The average Bonchev–Trinajstić information content (AvgIpc) is 3.19. The van der Waals surface area contributed by atoms with Gasteiger partial charge in [0.15, 0.2) is 28.0 Å². The molecule has 2 aromatic rings. The number of hydrogen-bond donors (Lipinski definition) is 2. The fourth-order valence-electron chi connectivity index (χ4n) is 3.46. The van der Waals surface area contributed by atoms with Crippen molar-refractivity contribution in [3.63, 3.8) is 0 Å². The van der Waals surface area contributed by atoms with E-state index >= 15 is 0 Å². The second-order valence-corrected chi connectivity index (χ2v) is 7.15. The van der Waals surface area contributed by atoms with Crippen molar-refractivity contribution in [3.8, 4) is 0 Å². The summed E-state index contributed by atoms with van der Waals surface area (Å²) in [5, 5.41) is 2.86. The van der Waals surface area contributed by atoms with Crippen LogP contribution >= 0.6 is 12.2 Å². The molecule has 2 aliphatic rings. The van der Waals surface area contributed by atoms with E-state index in [1.165, 1.54) is 0 Å². The van der Waals surface area contributed by atoms with Crippen LogP contribution in [0.1, 0.15) is 35.7 Å². The smallest absolute Gasteiger partial charge is 0.226 e. The van der Waals surface area contributed by atoms with Crippen molar-refractivity contribution in [1.29, 1.82) is 0 Å². The molecule has 1 aromatic heterocycles. The lowest BCUT2D eigenvalue weighted by molar-refractivity contribution is -0.120. The molecular weight excluding hydrogens is 370 g/mol. The zero-order valence-electron chi connectivity index (χ0n) is 13.5. The van der Waals surface area contributed by atoms with Crippen molar-refractivity contribution in [2.24, 2.45) is 0 Å². The van der Waals surface area contributed by atoms with Crippen LogP contribution in [0, 0.1) is 28.0 Å². The third kappa shape index (κ3) is 2.94. The number of rotatable bonds is 4. The third-order valence-electron chi connectivity index (χ3n) is 4.85. The first-order chi connectivity index (χ1) is 12.3. The number of hydrogen-bond acceptors (Lipinski definition) is 2. The Bertz CT molecular complexity index is 938. The van der Waals surface area contributed by atoms with Gasteiger partial charge in [-0.1, -0.05) is 0 Å². The number of benzene rings is 1. The summed E-state index contributed by atoms with van der Waals surface area (Å²) in [7, 11) is 0. The molecule has 2 heterocycles. The molecule has 0 spiro atoms. The summed E-state index contributed by atoms with van der Waals surface area (Å²) in [5.41, 5.74) is 0.580. The number of halogens is 4. The van der Waals surface area contributed by atoms with E-state index in [-0.39, 0.29) is 37.4 Å². The summed E-state index contributed by atoms with van der Waals surface area (Å²) in [6.07, 6.45) is 2.12. The summed E-state index contributed by atoms with van der Waals surface area (Å²) in [4.78, 5) is 15.0. The molecule has 0 radical (unpaired) electrons. The molecule has 0 saturated heterocycles. The lowest BCUT2D eigenvalue weighted by Gasteiger charge is -2.13. The molecule has 0 bridgehead atoms. The summed E-state index contributed by atoms with van der Waals surface area (Å²) >= 11 is 5.21. The van der Waals surface area contributed by atoms with Crippen molar-refractivity contribution >= 4 is 18.1 Å². The van der Waals surface area contributed by atoms with Gasteiger partial charge in [-0.25, -0.2) is 17.6 Å². The van der Waals surface area contributed by atoms with Gasteiger partial charge in [-0.3, -0.25) is 4.79 Å². The molecule has 1 atom stereocenters. The first kappa shape index (κ1) is 17.3. The van der Waals surface area contributed by atoms with E-state index in [4.69, 9.17) is 12.2 Å². The predicted octanol–water partition coefficient (Wildman–Crippen LogP) is 3.26. The summed E-state index contributed by atoms with van der Waals surface area (Å²) in [5.74, 6) is -6.58. The fourth-order valence-corrected chi connectivity index (χ4v) is 3.76. The van der Waals surface area contributed by atoms with E-state index in [1.54, 1.807) is 4.57 Å². The van der Waals surface area contributed by atoms with Gasteiger partial charge in [-0.05, 0) is 31.5 Å². The highest BCUT2D eigenvalue weighted by molar-refractivity contribution is 7.71. The number of aromatic nitrogens is 2. The van der Waals surface area contributed by atoms with Gasteiger partial charge in [-0.2, -0.15) is 0 Å². The molecule has 1 aliphatic heterocycles. The van der Waals surface area contributed by atoms with Crippen LogP contribution in [0.4, 0.5) is 17.6 Å². The minimum atomic E-state index is -1.43. The third-order valence-corrected chi connectivity index (χ3v) is 5.18. The van der Waals surface area contributed by atoms with Gasteiger partial charge in [0.05, 0.1) is 6.42 Å². The lowest BCUT2D eigenvalue weighted by atomic mass is 9.94. The van der Waals surface area contributed by atoms with Gasteiger partial charge in [0.1, 0.15) is 0 Å². The normalized spacial score (nSPS) is 18.8. The molecule has 1 unspecified atom stereocenters. The molecule has 1 saturated carbocycles. The number of imidazole rings is 1. The van der Waals surface area contributed by atoms with Gasteiger partial charge in [0, 0.05) is 41.5 Å². The second-order valence-electron chi connectivity index (χ2n) is 6.77. The van der Waals surface area contributed by atoms with Gasteiger partial charge < -0.3 is 14.9 Å². The van der Waals surface area contributed by atoms with Crippen LogP contribution in [0.5, 0.6) is 0 Å². The Morgan fingerprint density at radius 3 is 2.50 bits per heavy atom. The number of H-pyrrole nitrogens is 1. The van der Waals surface area contributed by atoms with Crippen LogP contribution in [0.2, 0.25) is 0 Å². The Balaban J connectivity index is 1.63. The zero-order valence-corrected chi connectivity index (χ0v) is 14.4. The standard InChI is InChI=1S/C17H15F4N3OS/c18-9-4-10(19)16(21)14(15(9)20)7-3-12-11(23-17(26)24(12)6-7)5-13(25)22-8-1-2-8/h4,7-8H,1-3,5-6H2,(H,22,25)(H,23,26). The largest absolute Gasteiger partial charge is 0.353 e. The molecule has 26 heavy (non-hydrogen) atoms. The highest BCUT2D eigenvalue weighted by atomic mass is 32.1. The van der Waals surface area contributed by atoms with Gasteiger partial charge >= 0.3 is 0 Å². The van der Waals surface area contributed by atoms with E-state index in [0.29, 0.717) is 16.2 Å². The number of nitrogens with zero attached hydrogens (tertiary/aromatic N) is 1. The maximum atomic E-state index is 14.1. The second kappa shape index (κ2) is 6.22. The fraction of sp³-hybridized carbons (Fsp3) is 0.412. The van der Waals surface area contributed by atoms with Crippen LogP contribution in [0.25, 0.3) is 0 Å². The first-order valence-corrected chi connectivity index (χ1v) is 8.68. The Kier molecular flexibility index (Phi) is 4.13. The summed E-state index contributed by atoms with van der Waals surface area (Å²) in [6.45, 7) is 0.0889. The monoisotopic (exact) mass is 385 g/mol. The van der Waals surface area contributed by atoms with Crippen LogP contribution in [-0.4, -0.2) is 21.5 Å². The first-order valence-electron chi connectivity index (χ1n) is 8.28. The maximum absolute atomic E-state index is 14.1. The number of amides is 1. The summed E-state index contributed by atoms with van der Waals surface area (Å²) < 4.78 is 57.2. The van der Waals surface area contributed by atoms with Gasteiger partial charge in [0.25, 0.3) is 0 Å². The number of carbonyl (C=O) groups is 1. The summed E-state index contributed by atoms with van der Waals surface area (Å²) in [6, 6.07) is 0.413. The van der Waals surface area contributed by atoms with E-state index < -0.39 is 34.8 Å². The minimum absolute atomic E-state index is 0.0671. The van der Waals surface area contributed by atoms with E-state index in [1.807, 2.05) is 0 Å². The maximum Gasteiger partial charge on any atom is 0.226 e. The van der Waals surface area contributed by atoms with E-state index in [9.17, 15) is 22.4 Å². The Morgan fingerprint density at radius 2 is 1.88 bits per heavy atom. The van der Waals surface area contributed by atoms with Crippen molar-refractivity contribution < 1.29 is 22.4 Å². The highest BCUT2D eigenvalue weighted by Crippen LogP contribution is 2.36. The molecule has 1 amide bonds. The highest BCUT2D eigenvalue weighted by Gasteiger charge is 2.34. The molecule has 1 aromatic carbocycles. The van der Waals surface area contributed by atoms with Crippen LogP contribution in [0.3, 0.4) is 0 Å². The molecule has 9 heteroatoms. The molecule has 4 rings (SSSR count). The lowest BCUT2D eigenvalue weighted by Crippen LogP contribution is -2.27. The topological polar surface area (TPSA) is 49.8 Å². The van der Waals surface area contributed by atoms with Crippen LogP contribution in [0.15, 0.2) is 6.07 Å². The number of fused-ring (bicyclic) bond motifs is 1. The Morgan fingerprint density at radius 1 is 1.23 bits per heavy atom. The molecule has 2 N–H and O–H groups in total. The Hall–Kier alpha value is -2.16. The van der Waals surface area contributed by atoms with Crippen molar-refractivity contribution in [2.75, 3.05) is 0 Å². The van der Waals surface area contributed by atoms with Crippen LogP contribution < -0.4 is 5.32 Å². The van der Waals surface area contributed by atoms with Crippen LogP contribution in [-0.2, 0) is 24.2 Å². The molecule has 4 nitrogen and oxygen atoms in total. The van der Waals surface area contributed by atoms with E-state index in [2.05, 4.69) is 10.3 Å². The average molecular weight is 385 g/mol. The molecule has 138 valence electrons. The number of carbonyl (C=O) groups excluding carboxylic acids is 1. The predicted molar refractivity (Wildman–Crippen MR) is 87.2 cm³/mol. The van der Waals surface area contributed by atoms with Gasteiger partial charge in [0.2, 0.25) is 5.91 Å². The Labute approximate surface area is 151 Å². The van der Waals surface area contributed by atoms with Crippen molar-refractivity contribution in [3.05, 3.63) is 51.1 Å². The van der Waals surface area contributed by atoms with Gasteiger partial charge in [-0.15, -0.1) is 0 Å². The SMILES string of the molecule is O=C(Cc1[nH]c(=S)n2c1CC(c1c(F)c(F)cc(F)c1F)C2)NC1CC1. The van der Waals surface area contributed by atoms with Crippen molar-refractivity contribution in [2.45, 2.75) is 44.2 Å². The number of nitrogens with one attached hydrogen (secondary N) is 2. The molecule has 1 fully saturated rings. The number of aromatic amines is 1. The van der Waals surface area contributed by atoms with Crippen molar-refractivity contribution in [1.82, 2.24) is 14.9 Å². The quantitative estimate of drug-likeness (QED) is 0.482. The molecule has 1 aliphatic carbocycles. The van der Waals surface area contributed by atoms with E-state index in [0.717, 1.165) is 12.8 Å².